The van der Waals surface area contributed by atoms with Gasteiger partial charge in [-0.05, 0) is 36.6 Å². The fourth-order valence-electron chi connectivity index (χ4n) is 3.35. The molecule has 4 N–H and O–H groups in total. The largest absolute Gasteiger partial charge is 0.391 e. The Kier molecular flexibility index (Phi) is 7.13. The second-order valence-corrected chi connectivity index (χ2v) is 9.29. The van der Waals surface area contributed by atoms with Crippen LogP contribution in [0.2, 0.25) is 0 Å². The highest BCUT2D eigenvalue weighted by Gasteiger charge is 2.27. The number of hydrogen-bond donors (Lipinski definition) is 4. The number of rotatable bonds is 8. The van der Waals surface area contributed by atoms with Gasteiger partial charge in [0.05, 0.1) is 30.0 Å². The molecule has 3 heterocycles. The minimum absolute atomic E-state index is 0.0713. The molecule has 0 amide bonds. The van der Waals surface area contributed by atoms with Gasteiger partial charge in [-0.1, -0.05) is 0 Å². The van der Waals surface area contributed by atoms with E-state index < -0.39 is 28.3 Å². The normalized spacial score (nSPS) is 20.0. The van der Waals surface area contributed by atoms with Crippen LogP contribution in [0.1, 0.15) is 12.2 Å². The molecule has 1 aliphatic rings. The second kappa shape index (κ2) is 9.62. The van der Waals surface area contributed by atoms with E-state index in [0.717, 1.165) is 17.9 Å². The highest BCUT2D eigenvalue weighted by molar-refractivity contribution is 7.88. The number of nitrogens with one attached hydrogen (secondary N) is 3. The summed E-state index contributed by atoms with van der Waals surface area (Å²) >= 11 is 0. The summed E-state index contributed by atoms with van der Waals surface area (Å²) < 4.78 is 50.0. The van der Waals surface area contributed by atoms with Crippen molar-refractivity contribution in [1.29, 1.82) is 5.41 Å². The number of aromatic amines is 1. The Morgan fingerprint density at radius 2 is 2.23 bits per heavy atom. The molecule has 0 bridgehead atoms. The van der Waals surface area contributed by atoms with Crippen LogP contribution in [0.5, 0.6) is 0 Å². The van der Waals surface area contributed by atoms with Gasteiger partial charge in [0.15, 0.2) is 0 Å². The summed E-state index contributed by atoms with van der Waals surface area (Å²) in [6.07, 6.45) is 3.59. The molecule has 31 heavy (non-hydrogen) atoms. The predicted octanol–water partition coefficient (Wildman–Crippen LogP) is 1.51. The van der Waals surface area contributed by atoms with Crippen molar-refractivity contribution in [3.63, 3.8) is 0 Å². The smallest absolute Gasteiger partial charge is 0.279 e. The van der Waals surface area contributed by atoms with E-state index >= 15 is 0 Å². The lowest BCUT2D eigenvalue weighted by atomic mass is 9.96. The van der Waals surface area contributed by atoms with E-state index in [1.54, 1.807) is 24.5 Å². The highest BCUT2D eigenvalue weighted by Crippen LogP contribution is 2.26. The number of sulfonamides is 1. The van der Waals surface area contributed by atoms with E-state index in [9.17, 15) is 22.3 Å². The van der Waals surface area contributed by atoms with Gasteiger partial charge in [0, 0.05) is 31.4 Å². The van der Waals surface area contributed by atoms with Crippen LogP contribution in [0, 0.1) is 11.3 Å². The molecule has 0 aromatic carbocycles. The van der Waals surface area contributed by atoms with Crippen molar-refractivity contribution in [2.45, 2.75) is 19.0 Å². The summed E-state index contributed by atoms with van der Waals surface area (Å²) in [4.78, 5) is 13.4. The molecule has 2 aromatic heterocycles. The Hall–Kier alpha value is -2.70. The van der Waals surface area contributed by atoms with Crippen LogP contribution < -0.4 is 9.62 Å². The number of hydrogen-bond acceptors (Lipinski definition) is 7. The number of β-amino-alcohol motifs (C(OH)–C–C–N with tert-alkyl or cyclic N) is 1. The fourth-order valence-corrected chi connectivity index (χ4v) is 3.89. The molecule has 1 fully saturated rings. The van der Waals surface area contributed by atoms with Gasteiger partial charge in [-0.15, -0.1) is 0 Å². The number of alkyl halides is 2. The van der Waals surface area contributed by atoms with Crippen LogP contribution in [-0.2, 0) is 10.0 Å². The number of piperidine rings is 1. The first-order valence-electron chi connectivity index (χ1n) is 9.54. The number of nitrogens with zero attached hydrogens (tertiary/aromatic N) is 3. The predicted molar refractivity (Wildman–Crippen MR) is 114 cm³/mol. The van der Waals surface area contributed by atoms with E-state index in [2.05, 4.69) is 19.7 Å². The van der Waals surface area contributed by atoms with Crippen LogP contribution in [-0.4, -0.2) is 72.6 Å². The lowest BCUT2D eigenvalue weighted by Gasteiger charge is -2.36. The van der Waals surface area contributed by atoms with Crippen molar-refractivity contribution in [3.05, 3.63) is 36.4 Å². The molecule has 0 saturated carbocycles. The van der Waals surface area contributed by atoms with Gasteiger partial charge in [0.25, 0.3) is 6.43 Å². The van der Waals surface area contributed by atoms with E-state index in [1.165, 1.54) is 6.08 Å². The maximum absolute atomic E-state index is 12.4. The van der Waals surface area contributed by atoms with E-state index in [0.29, 0.717) is 36.8 Å². The summed E-state index contributed by atoms with van der Waals surface area (Å²) in [5, 5.41) is 17.4. The molecule has 0 spiro atoms. The second-order valence-electron chi connectivity index (χ2n) is 7.46. The monoisotopic (exact) mass is 454 g/mol. The van der Waals surface area contributed by atoms with Crippen molar-refractivity contribution in [1.82, 2.24) is 19.7 Å². The Bertz CT molecular complexity index is 1060. The number of halogens is 2. The van der Waals surface area contributed by atoms with Gasteiger partial charge in [-0.2, -0.15) is 0 Å². The quantitative estimate of drug-likeness (QED) is 0.447. The Labute approximate surface area is 178 Å². The number of allylic oxidation sites excluding steroid dienone is 1. The van der Waals surface area contributed by atoms with Crippen LogP contribution in [0.15, 0.2) is 30.6 Å². The zero-order valence-corrected chi connectivity index (χ0v) is 17.6. The van der Waals surface area contributed by atoms with Gasteiger partial charge in [0.1, 0.15) is 11.6 Å². The maximum atomic E-state index is 12.4. The van der Waals surface area contributed by atoms with Crippen LogP contribution in [0.3, 0.4) is 0 Å². The molecule has 2 aromatic rings. The third-order valence-corrected chi connectivity index (χ3v) is 5.47. The Morgan fingerprint density at radius 1 is 1.45 bits per heavy atom. The summed E-state index contributed by atoms with van der Waals surface area (Å²) in [5.74, 6) is 0.879. The minimum Gasteiger partial charge on any atom is -0.391 e. The Balaban J connectivity index is 1.73. The number of aliphatic hydroxyl groups is 1. The number of aromatic nitrogens is 3. The van der Waals surface area contributed by atoms with Gasteiger partial charge in [-0.3, -0.25) is 5.41 Å². The van der Waals surface area contributed by atoms with Gasteiger partial charge in [-0.25, -0.2) is 31.9 Å². The molecule has 9 nitrogen and oxygen atoms in total. The summed E-state index contributed by atoms with van der Waals surface area (Å²) in [6, 6.07) is 3.57. The summed E-state index contributed by atoms with van der Waals surface area (Å²) in [5.41, 5.74) is 0.597. The highest BCUT2D eigenvalue weighted by atomic mass is 32.2. The molecule has 1 aliphatic heterocycles. The average molecular weight is 455 g/mol. The van der Waals surface area contributed by atoms with E-state index in [1.807, 2.05) is 4.90 Å². The van der Waals surface area contributed by atoms with Crippen molar-refractivity contribution < 1.29 is 22.3 Å². The van der Waals surface area contributed by atoms with Crippen LogP contribution in [0.4, 0.5) is 14.6 Å². The number of aliphatic hydroxyl groups excluding tert-OH is 1. The third-order valence-electron chi connectivity index (χ3n) is 4.78. The van der Waals surface area contributed by atoms with E-state index in [-0.39, 0.29) is 12.5 Å². The number of pyridine rings is 1. The first-order chi connectivity index (χ1) is 14.6. The molecular formula is C19H24F2N6O3S. The Morgan fingerprint density at radius 3 is 2.94 bits per heavy atom. The van der Waals surface area contributed by atoms with Crippen molar-refractivity contribution >= 4 is 27.6 Å². The van der Waals surface area contributed by atoms with Crippen molar-refractivity contribution in [2.24, 2.45) is 5.92 Å². The van der Waals surface area contributed by atoms with Crippen molar-refractivity contribution in [3.8, 4) is 11.3 Å². The number of H-pyrrole nitrogens is 1. The van der Waals surface area contributed by atoms with Crippen LogP contribution in [0.25, 0.3) is 17.3 Å². The topological polar surface area (TPSA) is 135 Å². The molecule has 2 unspecified atom stereocenters. The molecule has 0 radical (unpaired) electrons. The maximum Gasteiger partial charge on any atom is 0.279 e. The third kappa shape index (κ3) is 6.64. The molecule has 1 saturated heterocycles. The molecule has 168 valence electrons. The summed E-state index contributed by atoms with van der Waals surface area (Å²) in [7, 11) is -3.32. The molecule has 3 rings (SSSR count). The fraction of sp³-hybridized carbons (Fsp3) is 0.421. The van der Waals surface area contributed by atoms with Gasteiger partial charge in [0.2, 0.25) is 10.0 Å². The zero-order chi connectivity index (χ0) is 22.6. The first kappa shape index (κ1) is 23.0. The minimum atomic E-state index is -3.32. The molecular weight excluding hydrogens is 430 g/mol. The zero-order valence-electron chi connectivity index (χ0n) is 16.8. The average Bonchev–Trinajstić information content (AvgIpc) is 3.19. The van der Waals surface area contributed by atoms with Gasteiger partial charge >= 0.3 is 0 Å². The number of anilines is 1. The lowest BCUT2D eigenvalue weighted by molar-refractivity contribution is 0.128. The van der Waals surface area contributed by atoms with Crippen LogP contribution >= 0.6 is 0 Å². The molecule has 12 heteroatoms. The van der Waals surface area contributed by atoms with Gasteiger partial charge < -0.3 is 15.0 Å². The first-order valence-corrected chi connectivity index (χ1v) is 11.4. The summed E-state index contributed by atoms with van der Waals surface area (Å²) in [6.45, 7) is 1.14. The molecule has 0 aliphatic carbocycles. The van der Waals surface area contributed by atoms with E-state index in [4.69, 9.17) is 5.41 Å². The standard InChI is InChI=1S/C19H24F2N6O3S/c1-31(29,30)25-8-12-6-14(28)11-27(10-12)18-7-13(4-5-23-18)16-9-24-17(26-16)3-2-15(22)19(20)21/h2-5,7,9,12,14,19,22,25,28H,6,8,10-11H2,1H3,(H,24,26)/b3-2-,22-15?. The lowest BCUT2D eigenvalue weighted by Crippen LogP contribution is -2.47. The number of imidazole rings is 1. The van der Waals surface area contributed by atoms with Crippen molar-refractivity contribution in [2.75, 3.05) is 30.8 Å². The SMILES string of the molecule is CS(=O)(=O)NCC1CC(O)CN(c2cc(-c3cnc(/C=C\C(=N)C(F)F)[nH]3)ccn2)C1. The molecule has 2 atom stereocenters.